The lowest BCUT2D eigenvalue weighted by molar-refractivity contribution is -0.140. The van der Waals surface area contributed by atoms with Crippen molar-refractivity contribution in [2.24, 2.45) is 0 Å². The molecule has 1 fully saturated rings. The number of para-hydroxylation sites is 1. The number of benzene rings is 1. The Morgan fingerprint density at radius 2 is 2.15 bits per heavy atom. The number of aliphatic carboxylic acids is 1. The van der Waals surface area contributed by atoms with E-state index in [2.05, 4.69) is 5.32 Å². The molecule has 2 N–H and O–H groups in total. The molecule has 2 atom stereocenters. The minimum atomic E-state index is -0.891. The molecule has 1 amide bonds. The van der Waals surface area contributed by atoms with Gasteiger partial charge in [0.1, 0.15) is 6.04 Å². The van der Waals surface area contributed by atoms with E-state index < -0.39 is 18.1 Å². The summed E-state index contributed by atoms with van der Waals surface area (Å²) in [6, 6.07) is 8.41. The molecule has 2 unspecified atom stereocenters. The minimum Gasteiger partial charge on any atom is -0.480 e. The van der Waals surface area contributed by atoms with Crippen LogP contribution in [0.1, 0.15) is 26.2 Å². The zero-order valence-electron chi connectivity index (χ0n) is 11.6. The first-order valence-electron chi connectivity index (χ1n) is 6.98. The quantitative estimate of drug-likeness (QED) is 0.828. The summed E-state index contributed by atoms with van der Waals surface area (Å²) < 4.78 is 0. The summed E-state index contributed by atoms with van der Waals surface area (Å²) in [6.45, 7) is 2.56. The molecule has 1 aliphatic heterocycles. The Morgan fingerprint density at radius 1 is 1.45 bits per heavy atom. The average Bonchev–Trinajstić information content (AvgIpc) is 2.80. The van der Waals surface area contributed by atoms with Crippen LogP contribution in [-0.4, -0.2) is 35.6 Å². The number of carboxylic acid groups (broad SMARTS) is 1. The van der Waals surface area contributed by atoms with Gasteiger partial charge in [-0.2, -0.15) is 0 Å². The maximum atomic E-state index is 12.3. The van der Waals surface area contributed by atoms with E-state index in [4.69, 9.17) is 5.11 Å². The molecule has 20 heavy (non-hydrogen) atoms. The summed E-state index contributed by atoms with van der Waals surface area (Å²) in [5.41, 5.74) is 0.865. The average molecular weight is 276 g/mol. The molecular formula is C15H20N2O3. The third kappa shape index (κ3) is 3.17. The molecule has 2 rings (SSSR count). The van der Waals surface area contributed by atoms with Crippen LogP contribution in [0.5, 0.6) is 0 Å². The molecule has 1 saturated heterocycles. The Labute approximate surface area is 118 Å². The predicted molar refractivity (Wildman–Crippen MR) is 76.7 cm³/mol. The van der Waals surface area contributed by atoms with Gasteiger partial charge in [-0.1, -0.05) is 31.5 Å². The zero-order chi connectivity index (χ0) is 14.5. The summed E-state index contributed by atoms with van der Waals surface area (Å²) in [5.74, 6) is -0.934. The van der Waals surface area contributed by atoms with Crippen LogP contribution in [-0.2, 0) is 9.59 Å². The standard InChI is InChI=1S/C15H20N2O3/c1-2-6-13(15(19)20)16-12-9-10-17(14(12)18)11-7-4-3-5-8-11/h3-5,7-8,12-13,16H,2,6,9-10H2,1H3,(H,19,20). The molecule has 1 heterocycles. The summed E-state index contributed by atoms with van der Waals surface area (Å²) in [5, 5.41) is 12.1. The molecule has 1 aliphatic rings. The molecule has 0 radical (unpaired) electrons. The first kappa shape index (κ1) is 14.5. The highest BCUT2D eigenvalue weighted by atomic mass is 16.4. The molecule has 0 bridgehead atoms. The lowest BCUT2D eigenvalue weighted by Crippen LogP contribution is -2.47. The number of hydrogen-bond acceptors (Lipinski definition) is 3. The first-order valence-corrected chi connectivity index (χ1v) is 6.98. The summed E-state index contributed by atoms with van der Waals surface area (Å²) in [6.07, 6.45) is 1.94. The Kier molecular flexibility index (Phi) is 4.74. The van der Waals surface area contributed by atoms with Crippen molar-refractivity contribution in [3.05, 3.63) is 30.3 Å². The van der Waals surface area contributed by atoms with Gasteiger partial charge in [0, 0.05) is 12.2 Å². The van der Waals surface area contributed by atoms with Gasteiger partial charge in [0.05, 0.1) is 6.04 Å². The number of hydrogen-bond donors (Lipinski definition) is 2. The van der Waals surface area contributed by atoms with Gasteiger partial charge in [0.2, 0.25) is 5.91 Å². The fourth-order valence-corrected chi connectivity index (χ4v) is 2.51. The van der Waals surface area contributed by atoms with Crippen LogP contribution in [0.15, 0.2) is 30.3 Å². The Morgan fingerprint density at radius 3 is 2.75 bits per heavy atom. The highest BCUT2D eigenvalue weighted by Crippen LogP contribution is 2.21. The second-order valence-electron chi connectivity index (χ2n) is 5.01. The second-order valence-corrected chi connectivity index (χ2v) is 5.01. The monoisotopic (exact) mass is 276 g/mol. The number of carbonyl (C=O) groups excluding carboxylic acids is 1. The van der Waals surface area contributed by atoms with E-state index in [0.29, 0.717) is 19.4 Å². The van der Waals surface area contributed by atoms with Crippen molar-refractivity contribution in [1.82, 2.24) is 5.32 Å². The molecule has 0 aliphatic carbocycles. The van der Waals surface area contributed by atoms with E-state index in [1.807, 2.05) is 37.3 Å². The van der Waals surface area contributed by atoms with Gasteiger partial charge in [0.15, 0.2) is 0 Å². The summed E-state index contributed by atoms with van der Waals surface area (Å²) >= 11 is 0. The van der Waals surface area contributed by atoms with Gasteiger partial charge < -0.3 is 10.0 Å². The van der Waals surface area contributed by atoms with Crippen molar-refractivity contribution in [2.75, 3.05) is 11.4 Å². The van der Waals surface area contributed by atoms with Crippen LogP contribution >= 0.6 is 0 Å². The van der Waals surface area contributed by atoms with Gasteiger partial charge in [-0.3, -0.25) is 14.9 Å². The maximum absolute atomic E-state index is 12.3. The fourth-order valence-electron chi connectivity index (χ4n) is 2.51. The fraction of sp³-hybridized carbons (Fsp3) is 0.467. The Bertz CT molecular complexity index is 475. The first-order chi connectivity index (χ1) is 9.63. The SMILES string of the molecule is CCCC(NC1CCN(c2ccccc2)C1=O)C(=O)O. The summed E-state index contributed by atoms with van der Waals surface area (Å²) in [4.78, 5) is 25.2. The van der Waals surface area contributed by atoms with Crippen molar-refractivity contribution in [3.63, 3.8) is 0 Å². The minimum absolute atomic E-state index is 0.0430. The van der Waals surface area contributed by atoms with Gasteiger partial charge >= 0.3 is 5.97 Å². The molecule has 1 aromatic carbocycles. The third-order valence-electron chi connectivity index (χ3n) is 3.55. The number of amides is 1. The highest BCUT2D eigenvalue weighted by Gasteiger charge is 2.34. The molecule has 1 aromatic rings. The zero-order valence-corrected chi connectivity index (χ0v) is 11.6. The van der Waals surface area contributed by atoms with Crippen molar-refractivity contribution in [3.8, 4) is 0 Å². The third-order valence-corrected chi connectivity index (χ3v) is 3.55. The predicted octanol–water partition coefficient (Wildman–Crippen LogP) is 1.63. The van der Waals surface area contributed by atoms with Gasteiger partial charge in [0.25, 0.3) is 0 Å². The van der Waals surface area contributed by atoms with Gasteiger partial charge in [-0.25, -0.2) is 0 Å². The topological polar surface area (TPSA) is 69.6 Å². The molecule has 5 nitrogen and oxygen atoms in total. The van der Waals surface area contributed by atoms with Crippen LogP contribution in [0.4, 0.5) is 5.69 Å². The van der Waals surface area contributed by atoms with E-state index >= 15 is 0 Å². The number of carboxylic acids is 1. The lowest BCUT2D eigenvalue weighted by Gasteiger charge is -2.20. The second kappa shape index (κ2) is 6.52. The highest BCUT2D eigenvalue weighted by molar-refractivity contribution is 5.99. The smallest absolute Gasteiger partial charge is 0.320 e. The van der Waals surface area contributed by atoms with Gasteiger partial charge in [-0.05, 0) is 25.0 Å². The van der Waals surface area contributed by atoms with Gasteiger partial charge in [-0.15, -0.1) is 0 Å². The molecular weight excluding hydrogens is 256 g/mol. The lowest BCUT2D eigenvalue weighted by atomic mass is 10.1. The molecule has 0 aromatic heterocycles. The van der Waals surface area contributed by atoms with Crippen LogP contribution in [0.2, 0.25) is 0 Å². The van der Waals surface area contributed by atoms with Crippen molar-refractivity contribution in [1.29, 1.82) is 0 Å². The van der Waals surface area contributed by atoms with E-state index in [1.54, 1.807) is 4.90 Å². The molecule has 0 spiro atoms. The number of anilines is 1. The number of nitrogens with zero attached hydrogens (tertiary/aromatic N) is 1. The normalized spacial score (nSPS) is 20.1. The Hall–Kier alpha value is -1.88. The Balaban J connectivity index is 2.02. The maximum Gasteiger partial charge on any atom is 0.320 e. The van der Waals surface area contributed by atoms with Crippen LogP contribution in [0.3, 0.4) is 0 Å². The van der Waals surface area contributed by atoms with E-state index in [-0.39, 0.29) is 5.91 Å². The van der Waals surface area contributed by atoms with Crippen molar-refractivity contribution in [2.45, 2.75) is 38.3 Å². The van der Waals surface area contributed by atoms with Crippen LogP contribution in [0, 0.1) is 0 Å². The van der Waals surface area contributed by atoms with Crippen molar-refractivity contribution < 1.29 is 14.7 Å². The molecule has 5 heteroatoms. The molecule has 108 valence electrons. The number of carbonyl (C=O) groups is 2. The van der Waals surface area contributed by atoms with E-state index in [1.165, 1.54) is 0 Å². The van der Waals surface area contributed by atoms with Crippen LogP contribution < -0.4 is 10.2 Å². The van der Waals surface area contributed by atoms with Crippen LogP contribution in [0.25, 0.3) is 0 Å². The largest absolute Gasteiger partial charge is 0.480 e. The molecule has 0 saturated carbocycles. The number of nitrogens with one attached hydrogen (secondary N) is 1. The van der Waals surface area contributed by atoms with E-state index in [0.717, 1.165) is 12.1 Å². The van der Waals surface area contributed by atoms with E-state index in [9.17, 15) is 9.59 Å². The number of rotatable bonds is 6. The summed E-state index contributed by atoms with van der Waals surface area (Å²) in [7, 11) is 0. The van der Waals surface area contributed by atoms with Crippen molar-refractivity contribution >= 4 is 17.6 Å².